The molecule has 0 aliphatic heterocycles. The molecular weight excluding hydrogens is 304 g/mol. The summed E-state index contributed by atoms with van der Waals surface area (Å²) in [6, 6.07) is 3.87. The molecule has 0 saturated carbocycles. The molecule has 0 saturated heterocycles. The molecule has 0 radical (unpaired) electrons. The van der Waals surface area contributed by atoms with E-state index in [4.69, 9.17) is 5.26 Å². The first-order chi connectivity index (χ1) is 11.7. The Labute approximate surface area is 139 Å². The lowest BCUT2D eigenvalue weighted by Gasteiger charge is -2.18. The van der Waals surface area contributed by atoms with Gasteiger partial charge < -0.3 is 14.9 Å². The van der Waals surface area contributed by atoms with E-state index in [1.807, 2.05) is 20.0 Å². The zero-order valence-corrected chi connectivity index (χ0v) is 13.6. The van der Waals surface area contributed by atoms with Crippen molar-refractivity contribution in [2.24, 2.45) is 0 Å². The van der Waals surface area contributed by atoms with Crippen LogP contribution in [0.3, 0.4) is 0 Å². The minimum Gasteiger partial charge on any atom is -0.357 e. The molecule has 24 heavy (non-hydrogen) atoms. The Kier molecular flexibility index (Phi) is 4.29. The van der Waals surface area contributed by atoms with Crippen molar-refractivity contribution in [1.29, 1.82) is 5.26 Å². The second-order valence-electron chi connectivity index (χ2n) is 5.51. The molecule has 7 nitrogen and oxygen atoms in total. The van der Waals surface area contributed by atoms with Crippen molar-refractivity contribution in [2.45, 2.75) is 20.3 Å². The van der Waals surface area contributed by atoms with E-state index >= 15 is 0 Å². The van der Waals surface area contributed by atoms with Gasteiger partial charge in [-0.05, 0) is 25.5 Å². The van der Waals surface area contributed by atoms with Gasteiger partial charge in [-0.3, -0.25) is 4.79 Å². The van der Waals surface area contributed by atoms with Crippen molar-refractivity contribution in [1.82, 2.24) is 24.8 Å². The van der Waals surface area contributed by atoms with Gasteiger partial charge >= 0.3 is 0 Å². The Morgan fingerprint density at radius 2 is 2.17 bits per heavy atom. The van der Waals surface area contributed by atoms with Gasteiger partial charge in [0.1, 0.15) is 17.7 Å². The number of aromatic amines is 2. The SMILES string of the molecule is CCN(CCC#N)C(=O)c1cc(-c2ncnc3[nH]cc(C)c23)c[nH]1. The number of carbonyl (C=O) groups is 1. The van der Waals surface area contributed by atoms with Crippen LogP contribution in [0.5, 0.6) is 0 Å². The third-order valence-corrected chi connectivity index (χ3v) is 4.02. The molecule has 0 bridgehead atoms. The first-order valence-corrected chi connectivity index (χ1v) is 7.79. The summed E-state index contributed by atoms with van der Waals surface area (Å²) in [5.41, 5.74) is 3.94. The fourth-order valence-corrected chi connectivity index (χ4v) is 2.75. The Morgan fingerprint density at radius 1 is 1.33 bits per heavy atom. The molecule has 0 fully saturated rings. The first kappa shape index (κ1) is 15.7. The predicted octanol–water partition coefficient (Wildman–Crippen LogP) is 2.64. The molecule has 122 valence electrons. The van der Waals surface area contributed by atoms with Gasteiger partial charge in [0.25, 0.3) is 5.91 Å². The highest BCUT2D eigenvalue weighted by Crippen LogP contribution is 2.28. The van der Waals surface area contributed by atoms with Gasteiger partial charge in [0.15, 0.2) is 0 Å². The van der Waals surface area contributed by atoms with Crippen LogP contribution >= 0.6 is 0 Å². The summed E-state index contributed by atoms with van der Waals surface area (Å²) in [6.45, 7) is 4.87. The minimum absolute atomic E-state index is 0.116. The van der Waals surface area contributed by atoms with Crippen LogP contribution < -0.4 is 0 Å². The Bertz CT molecular complexity index is 917. The molecule has 3 aromatic rings. The molecule has 1 amide bonds. The highest BCUT2D eigenvalue weighted by Gasteiger charge is 2.18. The van der Waals surface area contributed by atoms with Crippen LogP contribution in [-0.4, -0.2) is 43.8 Å². The summed E-state index contributed by atoms with van der Waals surface area (Å²) in [5, 5.41) is 9.66. The molecule has 0 aliphatic rings. The van der Waals surface area contributed by atoms with Crippen molar-refractivity contribution < 1.29 is 4.79 Å². The van der Waals surface area contributed by atoms with Crippen LogP contribution in [0.15, 0.2) is 24.8 Å². The maximum Gasteiger partial charge on any atom is 0.270 e. The van der Waals surface area contributed by atoms with Crippen molar-refractivity contribution >= 4 is 16.9 Å². The van der Waals surface area contributed by atoms with Crippen LogP contribution in [-0.2, 0) is 0 Å². The topological polar surface area (TPSA) is 101 Å². The van der Waals surface area contributed by atoms with Crippen molar-refractivity contribution in [3.8, 4) is 17.3 Å². The minimum atomic E-state index is -0.116. The van der Waals surface area contributed by atoms with E-state index in [1.165, 1.54) is 6.33 Å². The van der Waals surface area contributed by atoms with Crippen molar-refractivity contribution in [2.75, 3.05) is 13.1 Å². The van der Waals surface area contributed by atoms with Gasteiger partial charge in [0.05, 0.1) is 18.2 Å². The molecule has 3 aromatic heterocycles. The molecule has 0 aliphatic carbocycles. The predicted molar refractivity (Wildman–Crippen MR) is 90.2 cm³/mol. The number of nitrogens with zero attached hydrogens (tertiary/aromatic N) is 4. The summed E-state index contributed by atoms with van der Waals surface area (Å²) < 4.78 is 0. The highest BCUT2D eigenvalue weighted by molar-refractivity contribution is 5.97. The van der Waals surface area contributed by atoms with E-state index in [-0.39, 0.29) is 5.91 Å². The van der Waals surface area contributed by atoms with Crippen LogP contribution in [0.4, 0.5) is 0 Å². The lowest BCUT2D eigenvalue weighted by atomic mass is 10.1. The van der Waals surface area contributed by atoms with Gasteiger partial charge in [0, 0.05) is 36.4 Å². The second kappa shape index (κ2) is 6.54. The van der Waals surface area contributed by atoms with E-state index < -0.39 is 0 Å². The van der Waals surface area contributed by atoms with Gasteiger partial charge in [-0.1, -0.05) is 0 Å². The highest BCUT2D eigenvalue weighted by atomic mass is 16.2. The molecule has 3 rings (SSSR count). The zero-order chi connectivity index (χ0) is 17.1. The fraction of sp³-hybridized carbons (Fsp3) is 0.294. The van der Waals surface area contributed by atoms with Crippen LogP contribution in [0.1, 0.15) is 29.4 Å². The molecule has 0 unspecified atom stereocenters. The number of nitrogens with one attached hydrogen (secondary N) is 2. The first-order valence-electron chi connectivity index (χ1n) is 7.79. The van der Waals surface area contributed by atoms with Crippen LogP contribution in [0, 0.1) is 18.3 Å². The summed E-state index contributed by atoms with van der Waals surface area (Å²) in [6.07, 6.45) is 5.50. The molecule has 7 heteroatoms. The van der Waals surface area contributed by atoms with E-state index in [9.17, 15) is 4.79 Å². The number of H-pyrrole nitrogens is 2. The smallest absolute Gasteiger partial charge is 0.270 e. The lowest BCUT2D eigenvalue weighted by molar-refractivity contribution is 0.0762. The fourth-order valence-electron chi connectivity index (χ4n) is 2.75. The normalized spacial score (nSPS) is 10.7. The maximum atomic E-state index is 12.6. The monoisotopic (exact) mass is 322 g/mol. The van der Waals surface area contributed by atoms with Crippen LogP contribution in [0.2, 0.25) is 0 Å². The average molecular weight is 322 g/mol. The number of aryl methyl sites for hydroxylation is 1. The molecule has 2 N–H and O–H groups in total. The average Bonchev–Trinajstić information content (AvgIpc) is 3.23. The van der Waals surface area contributed by atoms with E-state index in [2.05, 4.69) is 26.0 Å². The molecule has 3 heterocycles. The van der Waals surface area contributed by atoms with E-state index in [1.54, 1.807) is 17.2 Å². The number of amides is 1. The van der Waals surface area contributed by atoms with Gasteiger partial charge in [0.2, 0.25) is 0 Å². The van der Waals surface area contributed by atoms with Gasteiger partial charge in [-0.2, -0.15) is 5.26 Å². The number of hydrogen-bond acceptors (Lipinski definition) is 4. The van der Waals surface area contributed by atoms with E-state index in [0.29, 0.717) is 25.2 Å². The number of carbonyl (C=O) groups excluding carboxylic acids is 1. The molecule has 0 spiro atoms. The van der Waals surface area contributed by atoms with E-state index in [0.717, 1.165) is 27.9 Å². The lowest BCUT2D eigenvalue weighted by Crippen LogP contribution is -2.31. The zero-order valence-electron chi connectivity index (χ0n) is 13.6. The third kappa shape index (κ3) is 2.74. The number of aromatic nitrogens is 4. The summed E-state index contributed by atoms with van der Waals surface area (Å²) in [7, 11) is 0. The molecule has 0 atom stereocenters. The number of hydrogen-bond donors (Lipinski definition) is 2. The number of rotatable bonds is 5. The number of fused-ring (bicyclic) bond motifs is 1. The van der Waals surface area contributed by atoms with Crippen LogP contribution in [0.25, 0.3) is 22.3 Å². The summed E-state index contributed by atoms with van der Waals surface area (Å²) >= 11 is 0. The summed E-state index contributed by atoms with van der Waals surface area (Å²) in [4.78, 5) is 28.9. The number of nitriles is 1. The molecular formula is C17H18N6O. The standard InChI is InChI=1S/C17H18N6O/c1-3-23(6-4-5-18)17(24)13-7-12(9-19-13)15-14-11(2)8-20-16(14)22-10-21-15/h7-10,19H,3-4,6H2,1-2H3,(H,20,21,22). The second-order valence-corrected chi connectivity index (χ2v) is 5.51. The quantitative estimate of drug-likeness (QED) is 0.754. The van der Waals surface area contributed by atoms with Crippen molar-refractivity contribution in [3.05, 3.63) is 36.0 Å². The van der Waals surface area contributed by atoms with Gasteiger partial charge in [-0.15, -0.1) is 0 Å². The molecule has 0 aromatic carbocycles. The van der Waals surface area contributed by atoms with Crippen molar-refractivity contribution in [3.63, 3.8) is 0 Å². The Balaban J connectivity index is 1.94. The largest absolute Gasteiger partial charge is 0.357 e. The Morgan fingerprint density at radius 3 is 2.92 bits per heavy atom. The van der Waals surface area contributed by atoms with Gasteiger partial charge in [-0.25, -0.2) is 9.97 Å². The maximum absolute atomic E-state index is 12.6. The summed E-state index contributed by atoms with van der Waals surface area (Å²) in [5.74, 6) is -0.116. The Hall–Kier alpha value is -3.14. The third-order valence-electron chi connectivity index (χ3n) is 4.02.